The van der Waals surface area contributed by atoms with Gasteiger partial charge in [-0.2, -0.15) is 5.10 Å². The van der Waals surface area contributed by atoms with Crippen LogP contribution in [0.1, 0.15) is 28.9 Å². The topological polar surface area (TPSA) is 58.4 Å². The number of rotatable bonds is 2. The number of piperidine rings is 1. The first kappa shape index (κ1) is 15.1. The number of carbonyl (C=O) groups excluding carboxylic acids is 1. The zero-order chi connectivity index (χ0) is 15.7. The van der Waals surface area contributed by atoms with Crippen molar-refractivity contribution in [1.82, 2.24) is 14.7 Å². The van der Waals surface area contributed by atoms with Gasteiger partial charge in [-0.25, -0.2) is 4.68 Å². The van der Waals surface area contributed by atoms with E-state index < -0.39 is 6.10 Å². The van der Waals surface area contributed by atoms with Gasteiger partial charge in [-0.3, -0.25) is 4.79 Å². The second kappa shape index (κ2) is 6.10. The molecule has 0 bridgehead atoms. The van der Waals surface area contributed by atoms with Gasteiger partial charge < -0.3 is 10.0 Å². The highest BCUT2D eigenvalue weighted by atomic mass is 35.5. The van der Waals surface area contributed by atoms with Gasteiger partial charge in [-0.05, 0) is 31.9 Å². The normalized spacial score (nSPS) is 18.5. The van der Waals surface area contributed by atoms with E-state index in [-0.39, 0.29) is 5.91 Å². The Morgan fingerprint density at radius 3 is 2.91 bits per heavy atom. The van der Waals surface area contributed by atoms with Crippen LogP contribution in [0.2, 0.25) is 5.02 Å². The van der Waals surface area contributed by atoms with Gasteiger partial charge >= 0.3 is 0 Å². The number of β-amino-alcohol motifs (C(OH)–C–C–N with tert-alkyl or cyclic N) is 1. The molecule has 1 aliphatic rings. The SMILES string of the molecule is Cc1c(C(=O)N2CCCC(O)C2)cnn1-c1ccccc1Cl. The second-order valence-corrected chi connectivity index (χ2v) is 5.96. The Balaban J connectivity index is 1.90. The van der Waals surface area contributed by atoms with E-state index in [1.807, 2.05) is 25.1 Å². The quantitative estimate of drug-likeness (QED) is 0.925. The number of aromatic nitrogens is 2. The Bertz CT molecular complexity index is 698. The summed E-state index contributed by atoms with van der Waals surface area (Å²) in [4.78, 5) is 14.3. The third-order valence-electron chi connectivity index (χ3n) is 4.00. The molecule has 0 aliphatic carbocycles. The average Bonchev–Trinajstić information content (AvgIpc) is 2.88. The minimum absolute atomic E-state index is 0.0884. The van der Waals surface area contributed by atoms with Crippen LogP contribution in [-0.2, 0) is 0 Å². The summed E-state index contributed by atoms with van der Waals surface area (Å²) in [7, 11) is 0. The first-order valence-corrected chi connectivity index (χ1v) is 7.72. The fraction of sp³-hybridized carbons (Fsp3) is 0.375. The fourth-order valence-electron chi connectivity index (χ4n) is 2.80. The van der Waals surface area contributed by atoms with Crippen LogP contribution in [0.25, 0.3) is 5.69 Å². The number of benzene rings is 1. The van der Waals surface area contributed by atoms with Gasteiger partial charge in [0, 0.05) is 13.1 Å². The van der Waals surface area contributed by atoms with Gasteiger partial charge in [0.1, 0.15) is 0 Å². The zero-order valence-electron chi connectivity index (χ0n) is 12.4. The molecule has 0 radical (unpaired) electrons. The lowest BCUT2D eigenvalue weighted by atomic mass is 10.1. The molecular weight excluding hydrogens is 302 g/mol. The molecule has 1 N–H and O–H groups in total. The first-order chi connectivity index (χ1) is 10.6. The standard InChI is InChI=1S/C16H18ClN3O2/c1-11-13(16(22)19-8-4-5-12(21)10-19)9-18-20(11)15-7-3-2-6-14(15)17/h2-3,6-7,9,12,21H,4-5,8,10H2,1H3. The summed E-state index contributed by atoms with van der Waals surface area (Å²) in [5.41, 5.74) is 2.05. The minimum Gasteiger partial charge on any atom is -0.391 e. The van der Waals surface area contributed by atoms with Crippen molar-refractivity contribution in [3.63, 3.8) is 0 Å². The lowest BCUT2D eigenvalue weighted by Crippen LogP contribution is -2.42. The molecule has 1 amide bonds. The number of hydrogen-bond acceptors (Lipinski definition) is 3. The Kier molecular flexibility index (Phi) is 4.18. The maximum Gasteiger partial charge on any atom is 0.257 e. The molecule has 2 heterocycles. The lowest BCUT2D eigenvalue weighted by molar-refractivity contribution is 0.0473. The van der Waals surface area contributed by atoms with E-state index in [1.165, 1.54) is 0 Å². The van der Waals surface area contributed by atoms with Gasteiger partial charge in [-0.15, -0.1) is 0 Å². The number of likely N-dealkylation sites (tertiary alicyclic amines) is 1. The van der Waals surface area contributed by atoms with Gasteiger partial charge in [0.25, 0.3) is 5.91 Å². The lowest BCUT2D eigenvalue weighted by Gasteiger charge is -2.30. The van der Waals surface area contributed by atoms with Gasteiger partial charge in [0.15, 0.2) is 0 Å². The smallest absolute Gasteiger partial charge is 0.257 e. The summed E-state index contributed by atoms with van der Waals surface area (Å²) in [6.45, 7) is 2.91. The number of halogens is 1. The molecule has 1 aliphatic heterocycles. The summed E-state index contributed by atoms with van der Waals surface area (Å²) in [6, 6.07) is 7.39. The second-order valence-electron chi connectivity index (χ2n) is 5.55. The third kappa shape index (κ3) is 2.74. The van der Waals surface area contributed by atoms with E-state index in [1.54, 1.807) is 21.8 Å². The number of nitrogens with zero attached hydrogens (tertiary/aromatic N) is 3. The van der Waals surface area contributed by atoms with Crippen LogP contribution in [0.15, 0.2) is 30.5 Å². The van der Waals surface area contributed by atoms with Gasteiger partial charge in [-0.1, -0.05) is 23.7 Å². The maximum atomic E-state index is 12.6. The summed E-state index contributed by atoms with van der Waals surface area (Å²) < 4.78 is 1.68. The average molecular weight is 320 g/mol. The summed E-state index contributed by atoms with van der Waals surface area (Å²) in [5.74, 6) is -0.0884. The number of carbonyl (C=O) groups is 1. The maximum absolute atomic E-state index is 12.6. The van der Waals surface area contributed by atoms with Crippen molar-refractivity contribution in [2.45, 2.75) is 25.9 Å². The molecule has 1 fully saturated rings. The van der Waals surface area contributed by atoms with E-state index in [4.69, 9.17) is 11.6 Å². The predicted octanol–water partition coefficient (Wildman–Crippen LogP) is 2.43. The van der Waals surface area contributed by atoms with Crippen molar-refractivity contribution in [2.24, 2.45) is 0 Å². The van der Waals surface area contributed by atoms with Gasteiger partial charge in [0.2, 0.25) is 0 Å². The third-order valence-corrected chi connectivity index (χ3v) is 4.32. The number of aliphatic hydroxyl groups excluding tert-OH is 1. The molecule has 3 rings (SSSR count). The molecule has 1 unspecified atom stereocenters. The zero-order valence-corrected chi connectivity index (χ0v) is 13.1. The highest BCUT2D eigenvalue weighted by molar-refractivity contribution is 6.32. The van der Waals surface area contributed by atoms with Crippen molar-refractivity contribution in [1.29, 1.82) is 0 Å². The van der Waals surface area contributed by atoms with Crippen molar-refractivity contribution in [3.05, 3.63) is 46.7 Å². The van der Waals surface area contributed by atoms with Crippen LogP contribution in [0, 0.1) is 6.92 Å². The van der Waals surface area contributed by atoms with Crippen molar-refractivity contribution in [3.8, 4) is 5.69 Å². The summed E-state index contributed by atoms with van der Waals surface area (Å²) in [6.07, 6.45) is 2.71. The molecular formula is C16H18ClN3O2. The van der Waals surface area contributed by atoms with Gasteiger partial charge in [0.05, 0.1) is 34.3 Å². The first-order valence-electron chi connectivity index (χ1n) is 7.35. The van der Waals surface area contributed by atoms with E-state index in [9.17, 15) is 9.90 Å². The summed E-state index contributed by atoms with van der Waals surface area (Å²) in [5, 5.41) is 14.6. The Morgan fingerprint density at radius 2 is 2.18 bits per heavy atom. The number of para-hydroxylation sites is 1. The minimum atomic E-state index is -0.434. The van der Waals surface area contributed by atoms with Crippen LogP contribution >= 0.6 is 11.6 Å². The van der Waals surface area contributed by atoms with Crippen molar-refractivity contribution in [2.75, 3.05) is 13.1 Å². The van der Waals surface area contributed by atoms with E-state index in [0.717, 1.165) is 24.2 Å². The van der Waals surface area contributed by atoms with E-state index in [2.05, 4.69) is 5.10 Å². The monoisotopic (exact) mass is 319 g/mol. The molecule has 22 heavy (non-hydrogen) atoms. The molecule has 1 atom stereocenters. The largest absolute Gasteiger partial charge is 0.391 e. The fourth-order valence-corrected chi connectivity index (χ4v) is 3.01. The molecule has 1 aromatic heterocycles. The molecule has 0 spiro atoms. The number of aliphatic hydroxyl groups is 1. The predicted molar refractivity (Wildman–Crippen MR) is 84.5 cm³/mol. The molecule has 0 saturated carbocycles. The van der Waals surface area contributed by atoms with E-state index >= 15 is 0 Å². The Morgan fingerprint density at radius 1 is 1.41 bits per heavy atom. The molecule has 1 saturated heterocycles. The van der Waals surface area contributed by atoms with Crippen LogP contribution in [0.3, 0.4) is 0 Å². The van der Waals surface area contributed by atoms with Crippen molar-refractivity contribution < 1.29 is 9.90 Å². The van der Waals surface area contributed by atoms with Crippen LogP contribution in [-0.4, -0.2) is 44.9 Å². The molecule has 116 valence electrons. The Hall–Kier alpha value is -1.85. The molecule has 1 aromatic carbocycles. The van der Waals surface area contributed by atoms with Crippen molar-refractivity contribution >= 4 is 17.5 Å². The molecule has 6 heteroatoms. The van der Waals surface area contributed by atoms with Crippen LogP contribution in [0.4, 0.5) is 0 Å². The number of hydrogen-bond donors (Lipinski definition) is 1. The van der Waals surface area contributed by atoms with Crippen LogP contribution < -0.4 is 0 Å². The Labute approximate surface area is 134 Å². The highest BCUT2D eigenvalue weighted by Crippen LogP contribution is 2.23. The number of amides is 1. The molecule has 5 nitrogen and oxygen atoms in total. The van der Waals surface area contributed by atoms with Crippen LogP contribution in [0.5, 0.6) is 0 Å². The highest BCUT2D eigenvalue weighted by Gasteiger charge is 2.26. The molecule has 2 aromatic rings. The van der Waals surface area contributed by atoms with E-state index in [0.29, 0.717) is 23.7 Å². The summed E-state index contributed by atoms with van der Waals surface area (Å²) >= 11 is 6.20.